The number of hydrogen-bond acceptors (Lipinski definition) is 5. The molecule has 0 aromatic carbocycles. The predicted octanol–water partition coefficient (Wildman–Crippen LogP) is 2.98. The Kier molecular flexibility index (Phi) is 3.72. The molecule has 17 heavy (non-hydrogen) atoms. The van der Waals surface area contributed by atoms with E-state index in [2.05, 4.69) is 4.98 Å². The summed E-state index contributed by atoms with van der Waals surface area (Å²) in [5.74, 6) is 0.367. The third-order valence-corrected chi connectivity index (χ3v) is 2.81. The standard InChI is InChI=1S/C12H11NO3S/c1-2-15-11(14)6-5-9-8-17-12(13-9)10-4-3-7-16-10/h3-8H,2H2,1H3. The first-order valence-corrected chi connectivity index (χ1v) is 6.02. The molecule has 0 unspecified atom stereocenters. The normalized spacial score (nSPS) is 10.9. The summed E-state index contributed by atoms with van der Waals surface area (Å²) < 4.78 is 10.0. The summed E-state index contributed by atoms with van der Waals surface area (Å²) in [5.41, 5.74) is 0.717. The molecule has 0 spiro atoms. The Balaban J connectivity index is 2.06. The predicted molar refractivity (Wildman–Crippen MR) is 65.5 cm³/mol. The van der Waals surface area contributed by atoms with Gasteiger partial charge in [0.15, 0.2) is 10.8 Å². The van der Waals surface area contributed by atoms with Crippen molar-refractivity contribution in [1.82, 2.24) is 4.98 Å². The van der Waals surface area contributed by atoms with Crippen LogP contribution in [-0.2, 0) is 9.53 Å². The molecule has 2 aromatic rings. The maximum Gasteiger partial charge on any atom is 0.330 e. The van der Waals surface area contributed by atoms with E-state index in [4.69, 9.17) is 9.15 Å². The van der Waals surface area contributed by atoms with E-state index in [-0.39, 0.29) is 5.97 Å². The van der Waals surface area contributed by atoms with Crippen molar-refractivity contribution >= 4 is 23.4 Å². The van der Waals surface area contributed by atoms with Crippen LogP contribution in [0.2, 0.25) is 0 Å². The van der Waals surface area contributed by atoms with Crippen LogP contribution in [0.4, 0.5) is 0 Å². The van der Waals surface area contributed by atoms with Crippen LogP contribution in [0.1, 0.15) is 12.6 Å². The van der Waals surface area contributed by atoms with E-state index < -0.39 is 0 Å². The molecule has 5 heteroatoms. The molecule has 2 aromatic heterocycles. The summed E-state index contributed by atoms with van der Waals surface area (Å²) in [4.78, 5) is 15.4. The molecule has 0 radical (unpaired) electrons. The molecule has 0 N–H and O–H groups in total. The zero-order valence-corrected chi connectivity index (χ0v) is 10.1. The van der Waals surface area contributed by atoms with Crippen LogP contribution in [-0.4, -0.2) is 17.6 Å². The number of thiazole rings is 1. The fourth-order valence-corrected chi connectivity index (χ4v) is 1.97. The second kappa shape index (κ2) is 5.45. The summed E-state index contributed by atoms with van der Waals surface area (Å²) in [5, 5.41) is 2.65. The molecule has 0 bridgehead atoms. The molecular formula is C12H11NO3S. The number of esters is 1. The molecule has 0 amide bonds. The average molecular weight is 249 g/mol. The summed E-state index contributed by atoms with van der Waals surface area (Å²) in [6, 6.07) is 3.66. The molecule has 2 rings (SSSR count). The van der Waals surface area contributed by atoms with Gasteiger partial charge in [-0.25, -0.2) is 9.78 Å². The average Bonchev–Trinajstić information content (AvgIpc) is 2.97. The van der Waals surface area contributed by atoms with Crippen LogP contribution in [0.3, 0.4) is 0 Å². The SMILES string of the molecule is CCOC(=O)C=Cc1csc(-c2ccco2)n1. The first-order chi connectivity index (χ1) is 8.29. The molecule has 2 heterocycles. The van der Waals surface area contributed by atoms with Crippen LogP contribution >= 0.6 is 11.3 Å². The van der Waals surface area contributed by atoms with Crippen LogP contribution in [0, 0.1) is 0 Å². The van der Waals surface area contributed by atoms with E-state index in [0.717, 1.165) is 16.5 Å². The number of carbonyl (C=O) groups excluding carboxylic acids is 1. The molecule has 0 atom stereocenters. The van der Waals surface area contributed by atoms with Crippen LogP contribution in [0.25, 0.3) is 16.8 Å². The number of furan rings is 1. The number of carbonyl (C=O) groups is 1. The van der Waals surface area contributed by atoms with E-state index in [0.29, 0.717) is 6.61 Å². The van der Waals surface area contributed by atoms with Gasteiger partial charge in [-0.05, 0) is 25.1 Å². The Morgan fingerprint density at radius 1 is 1.65 bits per heavy atom. The first kappa shape index (κ1) is 11.6. The Labute approximate surface area is 103 Å². The number of hydrogen-bond donors (Lipinski definition) is 0. The molecular weight excluding hydrogens is 238 g/mol. The Morgan fingerprint density at radius 3 is 3.24 bits per heavy atom. The third-order valence-electron chi connectivity index (χ3n) is 1.93. The van der Waals surface area contributed by atoms with Gasteiger partial charge >= 0.3 is 5.97 Å². The topological polar surface area (TPSA) is 52.3 Å². The third kappa shape index (κ3) is 3.04. The lowest BCUT2D eigenvalue weighted by atomic mass is 10.4. The van der Waals surface area contributed by atoms with Crippen LogP contribution < -0.4 is 0 Å². The first-order valence-electron chi connectivity index (χ1n) is 5.14. The number of rotatable bonds is 4. The second-order valence-corrected chi connectivity index (χ2v) is 4.00. The van der Waals surface area contributed by atoms with Gasteiger partial charge in [0.25, 0.3) is 0 Å². The quantitative estimate of drug-likeness (QED) is 0.617. The minimum atomic E-state index is -0.361. The highest BCUT2D eigenvalue weighted by Crippen LogP contribution is 2.24. The Morgan fingerprint density at radius 2 is 2.53 bits per heavy atom. The molecule has 4 nitrogen and oxygen atoms in total. The van der Waals surface area contributed by atoms with Crippen molar-refractivity contribution in [1.29, 1.82) is 0 Å². The highest BCUT2D eigenvalue weighted by molar-refractivity contribution is 7.13. The fourth-order valence-electron chi connectivity index (χ4n) is 1.22. The molecule has 88 valence electrons. The maximum absolute atomic E-state index is 11.1. The van der Waals surface area contributed by atoms with Crippen molar-refractivity contribution < 1.29 is 13.9 Å². The van der Waals surface area contributed by atoms with Gasteiger partial charge in [0.2, 0.25) is 0 Å². The van der Waals surface area contributed by atoms with Crippen molar-refractivity contribution in [2.24, 2.45) is 0 Å². The minimum absolute atomic E-state index is 0.361. The van der Waals surface area contributed by atoms with Crippen molar-refractivity contribution in [2.45, 2.75) is 6.92 Å². The summed E-state index contributed by atoms with van der Waals surface area (Å²) in [6.45, 7) is 2.14. The Hall–Kier alpha value is -1.88. The highest BCUT2D eigenvalue weighted by Gasteiger charge is 2.05. The lowest BCUT2D eigenvalue weighted by Crippen LogP contribution is -1.98. The molecule has 0 saturated carbocycles. The second-order valence-electron chi connectivity index (χ2n) is 3.14. The van der Waals surface area contributed by atoms with Gasteiger partial charge in [0, 0.05) is 11.5 Å². The smallest absolute Gasteiger partial charge is 0.330 e. The van der Waals surface area contributed by atoms with Gasteiger partial charge in [-0.2, -0.15) is 0 Å². The van der Waals surface area contributed by atoms with Gasteiger partial charge in [0.1, 0.15) is 0 Å². The number of aromatic nitrogens is 1. The zero-order valence-electron chi connectivity index (χ0n) is 9.25. The van der Waals surface area contributed by atoms with Crippen LogP contribution in [0.5, 0.6) is 0 Å². The molecule has 0 aliphatic rings. The van der Waals surface area contributed by atoms with E-state index in [9.17, 15) is 4.79 Å². The minimum Gasteiger partial charge on any atom is -0.463 e. The van der Waals surface area contributed by atoms with E-state index in [1.54, 1.807) is 19.3 Å². The van der Waals surface area contributed by atoms with Gasteiger partial charge in [-0.1, -0.05) is 0 Å². The monoisotopic (exact) mass is 249 g/mol. The van der Waals surface area contributed by atoms with Crippen molar-refractivity contribution in [2.75, 3.05) is 6.61 Å². The zero-order chi connectivity index (χ0) is 12.1. The fraction of sp³-hybridized carbons (Fsp3) is 0.167. The molecule has 0 saturated heterocycles. The van der Waals surface area contributed by atoms with Crippen molar-refractivity contribution in [3.63, 3.8) is 0 Å². The largest absolute Gasteiger partial charge is 0.463 e. The lowest BCUT2D eigenvalue weighted by Gasteiger charge is -1.93. The van der Waals surface area contributed by atoms with E-state index in [1.807, 2.05) is 17.5 Å². The van der Waals surface area contributed by atoms with Crippen molar-refractivity contribution in [3.8, 4) is 10.8 Å². The molecule has 0 aliphatic carbocycles. The van der Waals surface area contributed by atoms with Gasteiger partial charge in [-0.3, -0.25) is 0 Å². The number of nitrogens with zero attached hydrogens (tertiary/aromatic N) is 1. The van der Waals surface area contributed by atoms with Crippen molar-refractivity contribution in [3.05, 3.63) is 35.5 Å². The Bertz CT molecular complexity index is 514. The number of ether oxygens (including phenoxy) is 1. The summed E-state index contributed by atoms with van der Waals surface area (Å²) >= 11 is 1.46. The molecule has 0 fully saturated rings. The van der Waals surface area contributed by atoms with Gasteiger partial charge < -0.3 is 9.15 Å². The van der Waals surface area contributed by atoms with E-state index >= 15 is 0 Å². The highest BCUT2D eigenvalue weighted by atomic mass is 32.1. The summed E-state index contributed by atoms with van der Waals surface area (Å²) in [6.07, 6.45) is 4.59. The van der Waals surface area contributed by atoms with Crippen LogP contribution in [0.15, 0.2) is 34.3 Å². The van der Waals surface area contributed by atoms with Gasteiger partial charge in [0.05, 0.1) is 18.6 Å². The van der Waals surface area contributed by atoms with E-state index in [1.165, 1.54) is 17.4 Å². The molecule has 0 aliphatic heterocycles. The summed E-state index contributed by atoms with van der Waals surface area (Å²) in [7, 11) is 0. The lowest BCUT2D eigenvalue weighted by molar-refractivity contribution is -0.137. The van der Waals surface area contributed by atoms with Gasteiger partial charge in [-0.15, -0.1) is 11.3 Å². The maximum atomic E-state index is 11.1.